The van der Waals surface area contributed by atoms with E-state index in [0.717, 1.165) is 18.0 Å². The average Bonchev–Trinajstić information content (AvgIpc) is 3.36. The molecule has 1 N–H and O–H groups in total. The average molecular weight is 369 g/mol. The molecule has 4 rings (SSSR count). The SMILES string of the molecule is CCCC(CC)CN1CCC(n2c(C3CCCN3)nc3ccccc32)CC1. The molecule has 3 heterocycles. The lowest BCUT2D eigenvalue weighted by atomic mass is 9.97. The number of nitrogens with one attached hydrogen (secondary N) is 1. The van der Waals surface area contributed by atoms with Crippen LogP contribution in [-0.4, -0.2) is 40.6 Å². The number of hydrogen-bond acceptors (Lipinski definition) is 3. The molecule has 0 saturated carbocycles. The minimum atomic E-state index is 0.435. The standard InChI is InChI=1S/C23H36N4/c1-3-8-18(4-2)17-26-15-12-19(13-16-26)27-22-11-6-5-9-20(22)25-23(27)21-10-7-14-24-21/h5-6,9,11,18-19,21,24H,3-4,7-8,10,12-17H2,1-2H3. The summed E-state index contributed by atoms with van der Waals surface area (Å²) in [6.07, 6.45) is 9.00. The molecule has 1 aromatic carbocycles. The molecule has 2 fully saturated rings. The van der Waals surface area contributed by atoms with Crippen LogP contribution in [0.15, 0.2) is 24.3 Å². The van der Waals surface area contributed by atoms with Crippen molar-refractivity contribution in [1.82, 2.24) is 19.8 Å². The normalized spacial score (nSPS) is 23.3. The highest BCUT2D eigenvalue weighted by Gasteiger charge is 2.29. The van der Waals surface area contributed by atoms with Gasteiger partial charge in [0.1, 0.15) is 5.82 Å². The Hall–Kier alpha value is -1.39. The van der Waals surface area contributed by atoms with Crippen LogP contribution in [0.5, 0.6) is 0 Å². The van der Waals surface area contributed by atoms with Crippen LogP contribution in [0.1, 0.15) is 76.7 Å². The zero-order valence-electron chi connectivity index (χ0n) is 17.2. The van der Waals surface area contributed by atoms with E-state index < -0.39 is 0 Å². The zero-order chi connectivity index (χ0) is 18.6. The molecule has 4 nitrogen and oxygen atoms in total. The largest absolute Gasteiger partial charge is 0.323 e. The Bertz CT molecular complexity index is 723. The monoisotopic (exact) mass is 368 g/mol. The third kappa shape index (κ3) is 4.07. The predicted octanol–water partition coefficient (Wildman–Crippen LogP) is 4.92. The van der Waals surface area contributed by atoms with Gasteiger partial charge in [-0.15, -0.1) is 0 Å². The number of imidazole rings is 1. The van der Waals surface area contributed by atoms with E-state index in [1.165, 1.54) is 75.9 Å². The van der Waals surface area contributed by atoms with Crippen molar-refractivity contribution in [3.63, 3.8) is 0 Å². The van der Waals surface area contributed by atoms with E-state index in [1.54, 1.807) is 0 Å². The van der Waals surface area contributed by atoms with Gasteiger partial charge in [-0.1, -0.05) is 38.8 Å². The van der Waals surface area contributed by atoms with Crippen LogP contribution in [0, 0.1) is 5.92 Å². The molecule has 148 valence electrons. The topological polar surface area (TPSA) is 33.1 Å². The van der Waals surface area contributed by atoms with Gasteiger partial charge in [0, 0.05) is 25.7 Å². The fourth-order valence-electron chi connectivity index (χ4n) is 5.16. The van der Waals surface area contributed by atoms with E-state index in [-0.39, 0.29) is 0 Å². The van der Waals surface area contributed by atoms with Crippen LogP contribution in [0.25, 0.3) is 11.0 Å². The molecule has 2 aromatic rings. The second-order valence-corrected chi connectivity index (χ2v) is 8.57. The van der Waals surface area contributed by atoms with Gasteiger partial charge in [-0.3, -0.25) is 0 Å². The molecule has 0 aliphatic carbocycles. The van der Waals surface area contributed by atoms with Gasteiger partial charge in [-0.05, 0) is 56.7 Å². The maximum atomic E-state index is 5.06. The molecule has 4 heteroatoms. The van der Waals surface area contributed by atoms with Gasteiger partial charge in [0.25, 0.3) is 0 Å². The van der Waals surface area contributed by atoms with E-state index >= 15 is 0 Å². The molecular weight excluding hydrogens is 332 g/mol. The van der Waals surface area contributed by atoms with Crippen LogP contribution < -0.4 is 5.32 Å². The van der Waals surface area contributed by atoms with E-state index in [1.807, 2.05) is 0 Å². The summed E-state index contributed by atoms with van der Waals surface area (Å²) in [5.41, 5.74) is 2.50. The lowest BCUT2D eigenvalue weighted by molar-refractivity contribution is 0.157. The Balaban J connectivity index is 1.51. The first-order chi connectivity index (χ1) is 13.3. The number of hydrogen-bond donors (Lipinski definition) is 1. The van der Waals surface area contributed by atoms with Crippen molar-refractivity contribution in [2.24, 2.45) is 5.92 Å². The first-order valence-corrected chi connectivity index (χ1v) is 11.2. The van der Waals surface area contributed by atoms with E-state index in [0.29, 0.717) is 12.1 Å². The minimum Gasteiger partial charge on any atom is -0.323 e. The van der Waals surface area contributed by atoms with Crippen LogP contribution >= 0.6 is 0 Å². The van der Waals surface area contributed by atoms with Gasteiger partial charge in [-0.2, -0.15) is 0 Å². The van der Waals surface area contributed by atoms with Gasteiger partial charge in [-0.25, -0.2) is 4.98 Å². The number of piperidine rings is 1. The van der Waals surface area contributed by atoms with Crippen molar-refractivity contribution in [2.45, 2.75) is 70.9 Å². The van der Waals surface area contributed by atoms with Crippen molar-refractivity contribution in [3.8, 4) is 0 Å². The zero-order valence-corrected chi connectivity index (χ0v) is 17.2. The fourth-order valence-corrected chi connectivity index (χ4v) is 5.16. The minimum absolute atomic E-state index is 0.435. The molecule has 2 atom stereocenters. The Labute approximate surface area is 164 Å². The first-order valence-electron chi connectivity index (χ1n) is 11.2. The Kier molecular flexibility index (Phi) is 6.14. The number of rotatable bonds is 7. The van der Waals surface area contributed by atoms with Crippen LogP contribution in [0.4, 0.5) is 0 Å². The summed E-state index contributed by atoms with van der Waals surface area (Å²) in [5.74, 6) is 2.16. The van der Waals surface area contributed by atoms with E-state index in [9.17, 15) is 0 Å². The van der Waals surface area contributed by atoms with Crippen LogP contribution in [0.3, 0.4) is 0 Å². The maximum absolute atomic E-state index is 5.06. The number of fused-ring (bicyclic) bond motifs is 1. The molecule has 2 saturated heterocycles. The van der Waals surface area contributed by atoms with Gasteiger partial charge in [0.15, 0.2) is 0 Å². The van der Waals surface area contributed by atoms with Gasteiger partial charge in [0.05, 0.1) is 17.1 Å². The summed E-state index contributed by atoms with van der Waals surface area (Å²) >= 11 is 0. The van der Waals surface area contributed by atoms with Crippen molar-refractivity contribution < 1.29 is 0 Å². The van der Waals surface area contributed by atoms with E-state index in [4.69, 9.17) is 4.98 Å². The van der Waals surface area contributed by atoms with Gasteiger partial charge >= 0.3 is 0 Å². The first kappa shape index (κ1) is 18.9. The Morgan fingerprint density at radius 3 is 2.67 bits per heavy atom. The maximum Gasteiger partial charge on any atom is 0.127 e. The Morgan fingerprint density at radius 2 is 1.96 bits per heavy atom. The summed E-state index contributed by atoms with van der Waals surface area (Å²) in [6.45, 7) is 9.55. The molecule has 0 spiro atoms. The molecule has 0 amide bonds. The van der Waals surface area contributed by atoms with Gasteiger partial charge in [0.2, 0.25) is 0 Å². The highest BCUT2D eigenvalue weighted by molar-refractivity contribution is 5.76. The van der Waals surface area contributed by atoms with Gasteiger partial charge < -0.3 is 14.8 Å². The fraction of sp³-hybridized carbons (Fsp3) is 0.696. The van der Waals surface area contributed by atoms with Crippen molar-refractivity contribution in [1.29, 1.82) is 0 Å². The molecule has 2 aliphatic rings. The highest BCUT2D eigenvalue weighted by Crippen LogP contribution is 2.34. The summed E-state index contributed by atoms with van der Waals surface area (Å²) in [4.78, 5) is 7.78. The van der Waals surface area contributed by atoms with E-state index in [2.05, 4.69) is 52.9 Å². The molecule has 2 aliphatic heterocycles. The second-order valence-electron chi connectivity index (χ2n) is 8.57. The Morgan fingerprint density at radius 1 is 1.15 bits per heavy atom. The number of para-hydroxylation sites is 2. The summed E-state index contributed by atoms with van der Waals surface area (Å²) in [7, 11) is 0. The lowest BCUT2D eigenvalue weighted by Crippen LogP contribution is -2.38. The third-order valence-electron chi connectivity index (χ3n) is 6.71. The molecule has 27 heavy (non-hydrogen) atoms. The van der Waals surface area contributed by atoms with Crippen molar-refractivity contribution >= 4 is 11.0 Å². The molecule has 0 radical (unpaired) electrons. The molecular formula is C23H36N4. The highest BCUT2D eigenvalue weighted by atomic mass is 15.2. The lowest BCUT2D eigenvalue weighted by Gasteiger charge is -2.35. The number of nitrogens with zero attached hydrogens (tertiary/aromatic N) is 3. The quantitative estimate of drug-likeness (QED) is 0.753. The van der Waals surface area contributed by atoms with Crippen LogP contribution in [0.2, 0.25) is 0 Å². The number of benzene rings is 1. The predicted molar refractivity (Wildman–Crippen MR) is 113 cm³/mol. The second kappa shape index (κ2) is 8.74. The molecule has 1 aromatic heterocycles. The number of aromatic nitrogens is 2. The third-order valence-corrected chi connectivity index (χ3v) is 6.71. The summed E-state index contributed by atoms with van der Waals surface area (Å²) in [6, 6.07) is 9.75. The molecule has 0 bridgehead atoms. The van der Waals surface area contributed by atoms with Crippen LogP contribution in [-0.2, 0) is 0 Å². The number of likely N-dealkylation sites (tertiary alicyclic amines) is 1. The molecule has 2 unspecified atom stereocenters. The summed E-state index contributed by atoms with van der Waals surface area (Å²) < 4.78 is 2.60. The summed E-state index contributed by atoms with van der Waals surface area (Å²) in [5, 5.41) is 3.68. The van der Waals surface area contributed by atoms with Crippen molar-refractivity contribution in [2.75, 3.05) is 26.2 Å². The van der Waals surface area contributed by atoms with Crippen molar-refractivity contribution in [3.05, 3.63) is 30.1 Å². The smallest absolute Gasteiger partial charge is 0.127 e.